The summed E-state index contributed by atoms with van der Waals surface area (Å²) in [6.07, 6.45) is 5.39. The molecule has 1 saturated carbocycles. The summed E-state index contributed by atoms with van der Waals surface area (Å²) in [5, 5.41) is 16.6. The van der Waals surface area contributed by atoms with Crippen LogP contribution in [0.1, 0.15) is 53.6 Å². The summed E-state index contributed by atoms with van der Waals surface area (Å²) < 4.78 is 0. The first-order chi connectivity index (χ1) is 13.9. The van der Waals surface area contributed by atoms with Crippen molar-refractivity contribution in [3.63, 3.8) is 0 Å². The Bertz CT molecular complexity index is 903. The second-order valence-corrected chi connectivity index (χ2v) is 7.46. The van der Waals surface area contributed by atoms with Gasteiger partial charge in [0.25, 0.3) is 11.6 Å². The number of carbonyl (C=O) groups is 2. The van der Waals surface area contributed by atoms with Crippen LogP contribution in [-0.4, -0.2) is 16.7 Å². The van der Waals surface area contributed by atoms with Crippen molar-refractivity contribution in [1.29, 1.82) is 0 Å². The number of nitrogens with zero attached hydrogens (tertiary/aromatic N) is 1. The first-order valence-electron chi connectivity index (χ1n) is 9.87. The van der Waals surface area contributed by atoms with E-state index in [1.54, 1.807) is 25.1 Å². The molecule has 0 atom stereocenters. The van der Waals surface area contributed by atoms with E-state index in [0.717, 1.165) is 31.2 Å². The van der Waals surface area contributed by atoms with E-state index in [2.05, 4.69) is 10.6 Å². The molecule has 0 saturated heterocycles. The van der Waals surface area contributed by atoms with Gasteiger partial charge in [0.05, 0.1) is 4.92 Å². The van der Waals surface area contributed by atoms with Gasteiger partial charge in [0.2, 0.25) is 5.91 Å². The molecule has 2 aromatic carbocycles. The maximum Gasteiger partial charge on any atom is 0.272 e. The van der Waals surface area contributed by atoms with Crippen LogP contribution in [0, 0.1) is 23.0 Å². The summed E-state index contributed by atoms with van der Waals surface area (Å²) in [5.74, 6) is -0.0601. The molecule has 2 N–H and O–H groups in total. The third-order valence-electron chi connectivity index (χ3n) is 5.31. The lowest BCUT2D eigenvalue weighted by molar-refractivity contribution is -0.385. The van der Waals surface area contributed by atoms with Crippen LogP contribution < -0.4 is 10.6 Å². The maximum atomic E-state index is 12.4. The second-order valence-electron chi connectivity index (χ2n) is 7.46. The lowest BCUT2D eigenvalue weighted by atomic mass is 9.88. The number of benzene rings is 2. The molecule has 3 rings (SSSR count). The number of nitro benzene ring substituents is 1. The Morgan fingerprint density at radius 1 is 1.07 bits per heavy atom. The molecule has 0 unspecified atom stereocenters. The third kappa shape index (κ3) is 5.40. The molecular formula is C22H25N3O4. The molecule has 1 fully saturated rings. The van der Waals surface area contributed by atoms with Crippen LogP contribution in [0.25, 0.3) is 0 Å². The molecule has 2 aromatic rings. The zero-order chi connectivity index (χ0) is 20.8. The number of rotatable bonds is 6. The van der Waals surface area contributed by atoms with Crippen molar-refractivity contribution in [3.05, 3.63) is 69.3 Å². The van der Waals surface area contributed by atoms with Gasteiger partial charge < -0.3 is 10.6 Å². The van der Waals surface area contributed by atoms with Crippen molar-refractivity contribution in [2.45, 2.75) is 45.6 Å². The number of amides is 2. The zero-order valence-corrected chi connectivity index (χ0v) is 16.4. The molecule has 0 aromatic heterocycles. The highest BCUT2D eigenvalue weighted by Crippen LogP contribution is 2.24. The molecular weight excluding hydrogens is 370 g/mol. The van der Waals surface area contributed by atoms with Gasteiger partial charge >= 0.3 is 0 Å². The van der Waals surface area contributed by atoms with Crippen LogP contribution in [-0.2, 0) is 11.3 Å². The zero-order valence-electron chi connectivity index (χ0n) is 16.4. The van der Waals surface area contributed by atoms with E-state index >= 15 is 0 Å². The first kappa shape index (κ1) is 20.5. The number of hydrogen-bond acceptors (Lipinski definition) is 4. The van der Waals surface area contributed by atoms with Crippen LogP contribution in [0.5, 0.6) is 0 Å². The highest BCUT2D eigenvalue weighted by Gasteiger charge is 2.20. The Balaban J connectivity index is 1.55. The van der Waals surface area contributed by atoms with Gasteiger partial charge in [-0.3, -0.25) is 19.7 Å². The molecule has 152 valence electrons. The van der Waals surface area contributed by atoms with E-state index < -0.39 is 4.92 Å². The van der Waals surface area contributed by atoms with Crippen LogP contribution >= 0.6 is 0 Å². The van der Waals surface area contributed by atoms with Gasteiger partial charge in [-0.25, -0.2) is 0 Å². The molecule has 7 nitrogen and oxygen atoms in total. The van der Waals surface area contributed by atoms with E-state index in [1.165, 1.54) is 18.6 Å². The molecule has 0 heterocycles. The molecule has 0 bridgehead atoms. The first-order valence-corrected chi connectivity index (χ1v) is 9.87. The van der Waals surface area contributed by atoms with Crippen molar-refractivity contribution >= 4 is 23.2 Å². The van der Waals surface area contributed by atoms with E-state index in [-0.39, 0.29) is 23.4 Å². The van der Waals surface area contributed by atoms with E-state index in [4.69, 9.17) is 0 Å². The third-order valence-corrected chi connectivity index (χ3v) is 5.31. The number of carbonyl (C=O) groups excluding carboxylic acids is 2. The number of aryl methyl sites for hydroxylation is 1. The highest BCUT2D eigenvalue weighted by molar-refractivity contribution is 6.04. The van der Waals surface area contributed by atoms with Gasteiger partial charge in [0.15, 0.2) is 0 Å². The maximum absolute atomic E-state index is 12.4. The molecule has 1 aliphatic carbocycles. The molecule has 1 aliphatic rings. The second kappa shape index (κ2) is 9.32. The van der Waals surface area contributed by atoms with Crippen LogP contribution in [0.4, 0.5) is 11.4 Å². The molecule has 0 radical (unpaired) electrons. The number of anilines is 1. The van der Waals surface area contributed by atoms with Gasteiger partial charge in [-0.1, -0.05) is 31.4 Å². The van der Waals surface area contributed by atoms with Crippen molar-refractivity contribution in [1.82, 2.24) is 5.32 Å². The summed E-state index contributed by atoms with van der Waals surface area (Å²) in [7, 11) is 0. The molecule has 7 heteroatoms. The van der Waals surface area contributed by atoms with Gasteiger partial charge in [0, 0.05) is 35.3 Å². The van der Waals surface area contributed by atoms with Crippen molar-refractivity contribution < 1.29 is 14.5 Å². The predicted octanol–water partition coefficient (Wildman–Crippen LogP) is 4.35. The fraction of sp³-hybridized carbons (Fsp3) is 0.364. The molecule has 2 amide bonds. The van der Waals surface area contributed by atoms with Crippen LogP contribution in [0.3, 0.4) is 0 Å². The van der Waals surface area contributed by atoms with Gasteiger partial charge in [-0.05, 0) is 49.6 Å². The largest absolute Gasteiger partial charge is 0.352 e. The predicted molar refractivity (Wildman–Crippen MR) is 111 cm³/mol. The summed E-state index contributed by atoms with van der Waals surface area (Å²) in [6.45, 7) is 2.07. The van der Waals surface area contributed by atoms with Gasteiger partial charge in [0.1, 0.15) is 0 Å². The quantitative estimate of drug-likeness (QED) is 0.561. The normalized spacial score (nSPS) is 14.2. The fourth-order valence-corrected chi connectivity index (χ4v) is 3.61. The Morgan fingerprint density at radius 2 is 1.76 bits per heavy atom. The topological polar surface area (TPSA) is 101 Å². The average molecular weight is 395 g/mol. The molecule has 29 heavy (non-hydrogen) atoms. The highest BCUT2D eigenvalue weighted by atomic mass is 16.6. The Morgan fingerprint density at radius 3 is 2.38 bits per heavy atom. The minimum Gasteiger partial charge on any atom is -0.352 e. The Labute approximate surface area is 169 Å². The fourth-order valence-electron chi connectivity index (χ4n) is 3.61. The van der Waals surface area contributed by atoms with Crippen molar-refractivity contribution in [3.8, 4) is 0 Å². The summed E-state index contributed by atoms with van der Waals surface area (Å²) in [6, 6.07) is 11.5. The van der Waals surface area contributed by atoms with E-state index in [9.17, 15) is 19.7 Å². The lowest BCUT2D eigenvalue weighted by Crippen LogP contribution is -2.31. The van der Waals surface area contributed by atoms with Crippen molar-refractivity contribution in [2.24, 2.45) is 5.92 Å². The summed E-state index contributed by atoms with van der Waals surface area (Å²) in [4.78, 5) is 35.1. The number of nitrogens with one attached hydrogen (secondary N) is 2. The standard InChI is InChI=1S/C22H25N3O4/c1-15-13-19(11-12-20(15)25(28)29)24-22(27)18-9-7-16(8-10-18)14-23-21(26)17-5-3-2-4-6-17/h7-13,17H,2-6,14H2,1H3,(H,23,26)(H,24,27). The van der Waals surface area contributed by atoms with Crippen LogP contribution in [0.15, 0.2) is 42.5 Å². The smallest absolute Gasteiger partial charge is 0.272 e. The van der Waals surface area contributed by atoms with E-state index in [1.807, 2.05) is 12.1 Å². The molecule has 0 aliphatic heterocycles. The molecule has 0 spiro atoms. The van der Waals surface area contributed by atoms with Crippen molar-refractivity contribution in [2.75, 3.05) is 5.32 Å². The monoisotopic (exact) mass is 395 g/mol. The average Bonchev–Trinajstić information content (AvgIpc) is 2.72. The minimum atomic E-state index is -0.452. The SMILES string of the molecule is Cc1cc(NC(=O)c2ccc(CNC(=O)C3CCCCC3)cc2)ccc1[N+](=O)[O-]. The Hall–Kier alpha value is -3.22. The minimum absolute atomic E-state index is 0.0163. The number of nitro groups is 1. The lowest BCUT2D eigenvalue weighted by Gasteiger charge is -2.20. The summed E-state index contributed by atoms with van der Waals surface area (Å²) >= 11 is 0. The van der Waals surface area contributed by atoms with Crippen LogP contribution in [0.2, 0.25) is 0 Å². The van der Waals surface area contributed by atoms with Gasteiger partial charge in [-0.2, -0.15) is 0 Å². The number of hydrogen-bond donors (Lipinski definition) is 2. The van der Waals surface area contributed by atoms with E-state index in [0.29, 0.717) is 23.4 Å². The summed E-state index contributed by atoms with van der Waals surface area (Å²) in [5.41, 5.74) is 2.40. The Kier molecular flexibility index (Phi) is 6.59. The van der Waals surface area contributed by atoms with Gasteiger partial charge in [-0.15, -0.1) is 0 Å².